The fourth-order valence-electron chi connectivity index (χ4n) is 1.30. The molecule has 0 unspecified atom stereocenters. The summed E-state index contributed by atoms with van der Waals surface area (Å²) in [6, 6.07) is 5.87. The number of aliphatic carboxylic acids is 1. The first-order valence-corrected chi connectivity index (χ1v) is 5.60. The molecule has 0 bridgehead atoms. The number of carboxylic acids is 1. The van der Waals surface area contributed by atoms with Crippen LogP contribution in [0.25, 0.3) is 10.2 Å². The molecule has 0 saturated heterocycles. The molecular formula is C11H10N2O2S. The Morgan fingerprint density at radius 1 is 1.56 bits per heavy atom. The van der Waals surface area contributed by atoms with Gasteiger partial charge in [-0.1, -0.05) is 6.08 Å². The van der Waals surface area contributed by atoms with Crippen molar-refractivity contribution in [2.75, 3.05) is 11.9 Å². The minimum Gasteiger partial charge on any atom is -0.478 e. The molecule has 0 aliphatic heterocycles. The number of hydrogen-bond donors (Lipinski definition) is 2. The van der Waals surface area contributed by atoms with Crippen LogP contribution in [-0.2, 0) is 4.79 Å². The monoisotopic (exact) mass is 234 g/mol. The number of rotatable bonds is 4. The molecule has 0 radical (unpaired) electrons. The normalized spacial score (nSPS) is 11.0. The second-order valence-electron chi connectivity index (χ2n) is 3.16. The highest BCUT2D eigenvalue weighted by Gasteiger charge is 1.97. The lowest BCUT2D eigenvalue weighted by Crippen LogP contribution is -1.98. The van der Waals surface area contributed by atoms with Crippen molar-refractivity contribution in [2.45, 2.75) is 0 Å². The lowest BCUT2D eigenvalue weighted by atomic mass is 10.3. The quantitative estimate of drug-likeness (QED) is 0.797. The Labute approximate surface area is 96.2 Å². The third kappa shape index (κ3) is 2.58. The zero-order valence-corrected chi connectivity index (χ0v) is 9.20. The fraction of sp³-hybridized carbons (Fsp3) is 0.0909. The first-order valence-electron chi connectivity index (χ1n) is 4.72. The molecule has 0 fully saturated rings. The molecule has 2 aromatic rings. The molecule has 0 atom stereocenters. The van der Waals surface area contributed by atoms with E-state index in [1.807, 2.05) is 18.2 Å². The molecule has 0 amide bonds. The average molecular weight is 234 g/mol. The summed E-state index contributed by atoms with van der Waals surface area (Å²) < 4.78 is 1.12. The summed E-state index contributed by atoms with van der Waals surface area (Å²) in [7, 11) is 0. The second-order valence-corrected chi connectivity index (χ2v) is 4.04. The zero-order chi connectivity index (χ0) is 11.4. The molecule has 0 aliphatic carbocycles. The predicted octanol–water partition coefficient (Wildman–Crippen LogP) is 2.35. The number of carbonyl (C=O) groups is 1. The van der Waals surface area contributed by atoms with E-state index in [0.29, 0.717) is 6.54 Å². The summed E-state index contributed by atoms with van der Waals surface area (Å²) in [5, 5.41) is 11.5. The molecule has 0 spiro atoms. The van der Waals surface area contributed by atoms with Gasteiger partial charge in [0.2, 0.25) is 0 Å². The molecule has 1 aromatic heterocycles. The SMILES string of the molecule is O=C(O)/C=C/CNc1ccc2ncsc2c1. The van der Waals surface area contributed by atoms with Gasteiger partial charge >= 0.3 is 5.97 Å². The zero-order valence-electron chi connectivity index (χ0n) is 8.38. The molecule has 5 heteroatoms. The minimum atomic E-state index is -0.931. The van der Waals surface area contributed by atoms with E-state index in [4.69, 9.17) is 5.11 Å². The Morgan fingerprint density at radius 3 is 3.25 bits per heavy atom. The fourth-order valence-corrected chi connectivity index (χ4v) is 2.02. The maximum atomic E-state index is 10.2. The van der Waals surface area contributed by atoms with Crippen molar-refractivity contribution in [2.24, 2.45) is 0 Å². The molecule has 0 saturated carbocycles. The van der Waals surface area contributed by atoms with Crippen LogP contribution in [0.2, 0.25) is 0 Å². The molecule has 4 nitrogen and oxygen atoms in total. The van der Waals surface area contributed by atoms with Crippen LogP contribution in [0, 0.1) is 0 Å². The Morgan fingerprint density at radius 2 is 2.44 bits per heavy atom. The number of anilines is 1. The second kappa shape index (κ2) is 4.76. The highest BCUT2D eigenvalue weighted by atomic mass is 32.1. The van der Waals surface area contributed by atoms with Crippen LogP contribution < -0.4 is 5.32 Å². The highest BCUT2D eigenvalue weighted by molar-refractivity contribution is 7.16. The topological polar surface area (TPSA) is 62.2 Å². The molecular weight excluding hydrogens is 224 g/mol. The number of nitrogens with one attached hydrogen (secondary N) is 1. The van der Waals surface area contributed by atoms with Gasteiger partial charge in [0, 0.05) is 18.3 Å². The molecule has 1 aromatic carbocycles. The van der Waals surface area contributed by atoms with E-state index in [9.17, 15) is 4.79 Å². The van der Waals surface area contributed by atoms with Crippen LogP contribution in [0.1, 0.15) is 0 Å². The summed E-state index contributed by atoms with van der Waals surface area (Å²) in [4.78, 5) is 14.4. The van der Waals surface area contributed by atoms with Gasteiger partial charge in [-0.3, -0.25) is 0 Å². The van der Waals surface area contributed by atoms with Crippen LogP contribution in [0.5, 0.6) is 0 Å². The largest absolute Gasteiger partial charge is 0.478 e. The smallest absolute Gasteiger partial charge is 0.328 e. The number of hydrogen-bond acceptors (Lipinski definition) is 4. The summed E-state index contributed by atoms with van der Waals surface area (Å²) in [5.74, 6) is -0.931. The summed E-state index contributed by atoms with van der Waals surface area (Å²) in [6.07, 6.45) is 2.69. The van der Waals surface area contributed by atoms with Gasteiger partial charge in [0.1, 0.15) is 0 Å². The molecule has 1 heterocycles. The predicted molar refractivity (Wildman–Crippen MR) is 64.9 cm³/mol. The molecule has 82 valence electrons. The number of fused-ring (bicyclic) bond motifs is 1. The maximum Gasteiger partial charge on any atom is 0.328 e. The van der Waals surface area contributed by atoms with Gasteiger partial charge < -0.3 is 10.4 Å². The van der Waals surface area contributed by atoms with Crippen molar-refractivity contribution in [3.05, 3.63) is 35.9 Å². The van der Waals surface area contributed by atoms with E-state index < -0.39 is 5.97 Å². The Balaban J connectivity index is 2.01. The van der Waals surface area contributed by atoms with Crippen LogP contribution >= 0.6 is 11.3 Å². The van der Waals surface area contributed by atoms with E-state index in [0.717, 1.165) is 22.0 Å². The van der Waals surface area contributed by atoms with Crippen LogP contribution in [-0.4, -0.2) is 22.6 Å². The van der Waals surface area contributed by atoms with Crippen molar-refractivity contribution in [1.82, 2.24) is 4.98 Å². The summed E-state index contributed by atoms with van der Waals surface area (Å²) in [5.41, 5.74) is 3.75. The van der Waals surface area contributed by atoms with E-state index in [1.165, 1.54) is 0 Å². The molecule has 16 heavy (non-hydrogen) atoms. The van der Waals surface area contributed by atoms with Crippen LogP contribution in [0.4, 0.5) is 5.69 Å². The Kier molecular flexibility index (Phi) is 3.16. The highest BCUT2D eigenvalue weighted by Crippen LogP contribution is 2.21. The average Bonchev–Trinajstić information content (AvgIpc) is 2.71. The summed E-state index contributed by atoms with van der Waals surface area (Å²) in [6.45, 7) is 0.497. The number of benzene rings is 1. The molecule has 2 N–H and O–H groups in total. The standard InChI is InChI=1S/C11H10N2O2S/c14-11(15)2-1-5-12-8-3-4-9-10(6-8)16-7-13-9/h1-4,6-7,12H,5H2,(H,14,15)/b2-1+. The van der Waals surface area contributed by atoms with Crippen LogP contribution in [0.3, 0.4) is 0 Å². The van der Waals surface area contributed by atoms with Gasteiger partial charge in [0.15, 0.2) is 0 Å². The maximum absolute atomic E-state index is 10.2. The van der Waals surface area contributed by atoms with E-state index in [1.54, 1.807) is 22.9 Å². The number of aromatic nitrogens is 1. The van der Waals surface area contributed by atoms with Crippen molar-refractivity contribution in [3.8, 4) is 0 Å². The minimum absolute atomic E-state index is 0.497. The molecule has 2 rings (SSSR count). The van der Waals surface area contributed by atoms with Crippen molar-refractivity contribution in [3.63, 3.8) is 0 Å². The van der Waals surface area contributed by atoms with Crippen LogP contribution in [0.15, 0.2) is 35.9 Å². The molecule has 0 aliphatic rings. The van der Waals surface area contributed by atoms with E-state index in [2.05, 4.69) is 10.3 Å². The van der Waals surface area contributed by atoms with E-state index in [-0.39, 0.29) is 0 Å². The summed E-state index contributed by atoms with van der Waals surface area (Å²) >= 11 is 1.58. The third-order valence-corrected chi connectivity index (χ3v) is 2.81. The van der Waals surface area contributed by atoms with Gasteiger partial charge in [-0.05, 0) is 18.2 Å². The third-order valence-electron chi connectivity index (χ3n) is 2.02. The van der Waals surface area contributed by atoms with Crippen molar-refractivity contribution in [1.29, 1.82) is 0 Å². The number of thiazole rings is 1. The van der Waals surface area contributed by atoms with E-state index >= 15 is 0 Å². The lowest BCUT2D eigenvalue weighted by Gasteiger charge is -2.02. The number of carboxylic acid groups (broad SMARTS) is 1. The van der Waals surface area contributed by atoms with Crippen molar-refractivity contribution >= 4 is 33.2 Å². The van der Waals surface area contributed by atoms with Gasteiger partial charge in [-0.2, -0.15) is 0 Å². The van der Waals surface area contributed by atoms with Gasteiger partial charge in [0.05, 0.1) is 15.7 Å². The van der Waals surface area contributed by atoms with Gasteiger partial charge in [0.25, 0.3) is 0 Å². The Bertz CT molecular complexity index is 534. The van der Waals surface area contributed by atoms with Gasteiger partial charge in [-0.25, -0.2) is 9.78 Å². The first-order chi connectivity index (χ1) is 7.75. The Hall–Kier alpha value is -1.88. The van der Waals surface area contributed by atoms with Crippen molar-refractivity contribution < 1.29 is 9.90 Å². The first kappa shape index (κ1) is 10.6. The number of nitrogens with zero attached hydrogens (tertiary/aromatic N) is 1. The lowest BCUT2D eigenvalue weighted by molar-refractivity contribution is -0.131. The van der Waals surface area contributed by atoms with Gasteiger partial charge in [-0.15, -0.1) is 11.3 Å².